The monoisotopic (exact) mass is 307 g/mol. The molecular weight excluding hydrogens is 278 g/mol. The minimum absolute atomic E-state index is 0.490. The molecule has 0 atom stereocenters. The molecule has 3 N–H and O–H groups in total. The second-order valence-corrected chi connectivity index (χ2v) is 5.11. The fourth-order valence-corrected chi connectivity index (χ4v) is 2.09. The van der Waals surface area contributed by atoms with Crippen molar-refractivity contribution < 1.29 is 9.47 Å². The van der Waals surface area contributed by atoms with E-state index < -0.39 is 0 Å². The van der Waals surface area contributed by atoms with Crippen LogP contribution in [-0.4, -0.2) is 26.2 Å². The van der Waals surface area contributed by atoms with E-state index in [2.05, 4.69) is 17.2 Å². The summed E-state index contributed by atoms with van der Waals surface area (Å²) in [7, 11) is 1.64. The van der Waals surface area contributed by atoms with Crippen LogP contribution in [0.15, 0.2) is 23.2 Å². The summed E-state index contributed by atoms with van der Waals surface area (Å²) in [5, 5.41) is 3.14. The van der Waals surface area contributed by atoms with Crippen molar-refractivity contribution in [2.24, 2.45) is 10.7 Å². The van der Waals surface area contributed by atoms with Crippen LogP contribution in [-0.2, 0) is 6.54 Å². The van der Waals surface area contributed by atoms with E-state index in [0.29, 0.717) is 19.1 Å². The molecule has 0 aliphatic rings. The van der Waals surface area contributed by atoms with Crippen LogP contribution in [0.4, 0.5) is 0 Å². The number of hydrogen-bond acceptors (Lipinski definition) is 3. The molecule has 0 spiro atoms. The Labute approximate surface area is 133 Å². The van der Waals surface area contributed by atoms with Gasteiger partial charge < -0.3 is 20.5 Å². The highest BCUT2D eigenvalue weighted by Crippen LogP contribution is 2.28. The third-order valence-electron chi connectivity index (χ3n) is 3.30. The smallest absolute Gasteiger partial charge is 0.188 e. The number of hydrogen-bond donors (Lipinski definition) is 2. The fourth-order valence-electron chi connectivity index (χ4n) is 2.09. The molecule has 0 bridgehead atoms. The van der Waals surface area contributed by atoms with Crippen LogP contribution in [0.5, 0.6) is 11.5 Å². The number of unbranched alkanes of at least 4 members (excludes halogenated alkanes) is 3. The van der Waals surface area contributed by atoms with Gasteiger partial charge >= 0.3 is 0 Å². The Morgan fingerprint density at radius 3 is 2.68 bits per heavy atom. The summed E-state index contributed by atoms with van der Waals surface area (Å²) in [6.45, 7) is 6.17. The summed E-state index contributed by atoms with van der Waals surface area (Å²) in [4.78, 5) is 4.35. The molecule has 0 fully saturated rings. The maximum atomic E-state index is 5.87. The predicted octanol–water partition coefficient (Wildman–Crippen LogP) is 3.08. The standard InChI is InChI=1S/C17H29N3O2/c1-4-6-7-8-11-19-17(18)20-13-14-9-10-15(22-5-2)16(12-14)21-3/h9-10,12H,4-8,11,13H2,1-3H3,(H3,18,19,20). The molecule has 22 heavy (non-hydrogen) atoms. The lowest BCUT2D eigenvalue weighted by Crippen LogP contribution is -2.32. The average molecular weight is 307 g/mol. The Balaban J connectivity index is 2.47. The zero-order chi connectivity index (χ0) is 16.2. The highest BCUT2D eigenvalue weighted by Gasteiger charge is 2.05. The van der Waals surface area contributed by atoms with Crippen LogP contribution in [0.25, 0.3) is 0 Å². The Morgan fingerprint density at radius 2 is 2.00 bits per heavy atom. The highest BCUT2D eigenvalue weighted by atomic mass is 16.5. The lowest BCUT2D eigenvalue weighted by Gasteiger charge is -2.10. The number of nitrogens with zero attached hydrogens (tertiary/aromatic N) is 1. The maximum Gasteiger partial charge on any atom is 0.188 e. The lowest BCUT2D eigenvalue weighted by atomic mass is 10.2. The van der Waals surface area contributed by atoms with E-state index in [4.69, 9.17) is 15.2 Å². The molecule has 1 aromatic rings. The normalized spacial score (nSPS) is 11.3. The van der Waals surface area contributed by atoms with Crippen LogP contribution in [0, 0.1) is 0 Å². The molecule has 124 valence electrons. The molecule has 0 aromatic heterocycles. The molecule has 0 saturated heterocycles. The first-order chi connectivity index (χ1) is 10.7. The van der Waals surface area contributed by atoms with Gasteiger partial charge in [0.05, 0.1) is 20.3 Å². The van der Waals surface area contributed by atoms with Gasteiger partial charge in [-0.3, -0.25) is 0 Å². The van der Waals surface area contributed by atoms with Crippen LogP contribution in [0.2, 0.25) is 0 Å². The van der Waals surface area contributed by atoms with Crippen molar-refractivity contribution in [3.8, 4) is 11.5 Å². The molecule has 0 amide bonds. The third kappa shape index (κ3) is 6.70. The number of rotatable bonds is 10. The van der Waals surface area contributed by atoms with Gasteiger partial charge in [-0.1, -0.05) is 32.3 Å². The molecule has 1 rings (SSSR count). The van der Waals surface area contributed by atoms with Gasteiger partial charge in [-0.15, -0.1) is 0 Å². The summed E-state index contributed by atoms with van der Waals surface area (Å²) < 4.78 is 10.8. The fraction of sp³-hybridized carbons (Fsp3) is 0.588. The van der Waals surface area contributed by atoms with Gasteiger partial charge in [0.1, 0.15) is 0 Å². The van der Waals surface area contributed by atoms with Gasteiger partial charge in [-0.05, 0) is 31.0 Å². The van der Waals surface area contributed by atoms with Crippen molar-refractivity contribution in [3.05, 3.63) is 23.8 Å². The van der Waals surface area contributed by atoms with E-state index >= 15 is 0 Å². The number of methoxy groups -OCH3 is 1. The number of nitrogens with two attached hydrogens (primary N) is 1. The van der Waals surface area contributed by atoms with Crippen LogP contribution >= 0.6 is 0 Å². The van der Waals surface area contributed by atoms with Gasteiger partial charge in [-0.2, -0.15) is 0 Å². The van der Waals surface area contributed by atoms with Crippen molar-refractivity contribution in [1.82, 2.24) is 5.32 Å². The molecule has 1 aromatic carbocycles. The van der Waals surface area contributed by atoms with Crippen LogP contribution < -0.4 is 20.5 Å². The topological polar surface area (TPSA) is 68.9 Å². The van der Waals surface area contributed by atoms with Crippen molar-refractivity contribution in [2.75, 3.05) is 20.3 Å². The largest absolute Gasteiger partial charge is 0.493 e. The van der Waals surface area contributed by atoms with Crippen LogP contribution in [0.3, 0.4) is 0 Å². The average Bonchev–Trinajstić information content (AvgIpc) is 2.54. The lowest BCUT2D eigenvalue weighted by molar-refractivity contribution is 0.310. The number of benzene rings is 1. The maximum absolute atomic E-state index is 5.87. The molecule has 0 unspecified atom stereocenters. The Morgan fingerprint density at radius 1 is 1.18 bits per heavy atom. The Bertz CT molecular complexity index is 461. The SMILES string of the molecule is CCCCCCNC(N)=NCc1ccc(OCC)c(OC)c1. The van der Waals surface area contributed by atoms with Gasteiger partial charge in [0.2, 0.25) is 0 Å². The predicted molar refractivity (Wildman–Crippen MR) is 91.6 cm³/mol. The Hall–Kier alpha value is -1.91. The number of nitrogens with one attached hydrogen (secondary N) is 1. The van der Waals surface area contributed by atoms with E-state index in [1.54, 1.807) is 7.11 Å². The van der Waals surface area contributed by atoms with E-state index in [1.807, 2.05) is 25.1 Å². The van der Waals surface area contributed by atoms with Gasteiger partial charge in [0.15, 0.2) is 17.5 Å². The second-order valence-electron chi connectivity index (χ2n) is 5.11. The summed E-state index contributed by atoms with van der Waals surface area (Å²) in [6, 6.07) is 5.82. The van der Waals surface area contributed by atoms with E-state index in [0.717, 1.165) is 30.0 Å². The summed E-state index contributed by atoms with van der Waals surface area (Å²) in [5.41, 5.74) is 6.91. The zero-order valence-corrected chi connectivity index (χ0v) is 14.0. The summed E-state index contributed by atoms with van der Waals surface area (Å²) in [6.07, 6.45) is 4.86. The third-order valence-corrected chi connectivity index (χ3v) is 3.30. The number of aliphatic imine (C=N–C) groups is 1. The minimum Gasteiger partial charge on any atom is -0.493 e. The summed E-state index contributed by atoms with van der Waals surface area (Å²) >= 11 is 0. The highest BCUT2D eigenvalue weighted by molar-refractivity contribution is 5.77. The van der Waals surface area contributed by atoms with E-state index in [1.165, 1.54) is 19.3 Å². The minimum atomic E-state index is 0.490. The zero-order valence-electron chi connectivity index (χ0n) is 14.0. The quantitative estimate of drug-likeness (QED) is 0.396. The van der Waals surface area contributed by atoms with E-state index in [-0.39, 0.29) is 0 Å². The molecule has 5 heteroatoms. The van der Waals surface area contributed by atoms with Crippen molar-refractivity contribution in [1.29, 1.82) is 0 Å². The second kappa shape index (κ2) is 10.8. The van der Waals surface area contributed by atoms with Crippen molar-refractivity contribution in [2.45, 2.75) is 46.1 Å². The van der Waals surface area contributed by atoms with Crippen molar-refractivity contribution in [3.63, 3.8) is 0 Å². The van der Waals surface area contributed by atoms with Crippen molar-refractivity contribution >= 4 is 5.96 Å². The van der Waals surface area contributed by atoms with Gasteiger partial charge in [-0.25, -0.2) is 4.99 Å². The van der Waals surface area contributed by atoms with E-state index in [9.17, 15) is 0 Å². The molecule has 5 nitrogen and oxygen atoms in total. The molecule has 0 radical (unpaired) electrons. The summed E-state index contributed by atoms with van der Waals surface area (Å²) in [5.74, 6) is 1.96. The Kier molecular flexibility index (Phi) is 8.88. The first-order valence-corrected chi connectivity index (χ1v) is 8.04. The first-order valence-electron chi connectivity index (χ1n) is 8.04. The number of guanidine groups is 1. The molecule has 0 saturated carbocycles. The van der Waals surface area contributed by atoms with Gasteiger partial charge in [0.25, 0.3) is 0 Å². The molecule has 0 aliphatic carbocycles. The molecule has 0 heterocycles. The molecular formula is C17H29N3O2. The molecule has 0 aliphatic heterocycles. The van der Waals surface area contributed by atoms with Gasteiger partial charge in [0, 0.05) is 6.54 Å². The van der Waals surface area contributed by atoms with Crippen LogP contribution in [0.1, 0.15) is 45.1 Å². The number of ether oxygens (including phenoxy) is 2. The first kappa shape index (κ1) is 18.1.